The molecule has 0 bridgehead atoms. The lowest BCUT2D eigenvalue weighted by atomic mass is 10.1. The maximum Gasteiger partial charge on any atom is 0.261 e. The van der Waals surface area contributed by atoms with E-state index in [1.165, 1.54) is 24.3 Å². The molecule has 5 nitrogen and oxygen atoms in total. The number of amides is 1. The number of hydrogen-bond donors (Lipinski definition) is 2. The van der Waals surface area contributed by atoms with Crippen molar-refractivity contribution in [1.82, 2.24) is 0 Å². The number of aryl methyl sites for hydroxylation is 3. The van der Waals surface area contributed by atoms with E-state index in [1.807, 2.05) is 6.92 Å². The molecule has 150 valence electrons. The quantitative estimate of drug-likeness (QED) is 0.632. The van der Waals surface area contributed by atoms with E-state index in [-0.39, 0.29) is 16.1 Å². The first kappa shape index (κ1) is 20.5. The molecule has 0 atom stereocenters. The van der Waals surface area contributed by atoms with Crippen molar-refractivity contribution in [2.24, 2.45) is 0 Å². The molecule has 29 heavy (non-hydrogen) atoms. The van der Waals surface area contributed by atoms with Crippen LogP contribution >= 0.6 is 0 Å². The summed E-state index contributed by atoms with van der Waals surface area (Å²) in [6.45, 7) is 5.33. The molecule has 0 fully saturated rings. The molecule has 1 amide bonds. The second-order valence-electron chi connectivity index (χ2n) is 6.89. The fourth-order valence-electron chi connectivity index (χ4n) is 2.76. The summed E-state index contributed by atoms with van der Waals surface area (Å²) in [7, 11) is -3.89. The van der Waals surface area contributed by atoms with Gasteiger partial charge in [-0.3, -0.25) is 9.52 Å². The highest BCUT2D eigenvalue weighted by Crippen LogP contribution is 2.22. The molecule has 0 aliphatic carbocycles. The Labute approximate surface area is 169 Å². The zero-order valence-corrected chi connectivity index (χ0v) is 17.1. The summed E-state index contributed by atoms with van der Waals surface area (Å²) in [5.74, 6) is -1.14. The lowest BCUT2D eigenvalue weighted by Gasteiger charge is -2.12. The Hall–Kier alpha value is -3.19. The van der Waals surface area contributed by atoms with E-state index in [0.29, 0.717) is 11.3 Å². The molecule has 0 aliphatic heterocycles. The number of anilines is 2. The summed E-state index contributed by atoms with van der Waals surface area (Å²) < 4.78 is 42.0. The van der Waals surface area contributed by atoms with Crippen molar-refractivity contribution < 1.29 is 17.6 Å². The molecule has 3 rings (SSSR count). The number of carbonyl (C=O) groups is 1. The van der Waals surface area contributed by atoms with Crippen LogP contribution in [0.15, 0.2) is 65.6 Å². The molecule has 2 N–H and O–H groups in total. The van der Waals surface area contributed by atoms with Crippen LogP contribution in [0.25, 0.3) is 0 Å². The molecule has 0 radical (unpaired) electrons. The minimum absolute atomic E-state index is 0.0334. The Morgan fingerprint density at radius 1 is 0.862 bits per heavy atom. The van der Waals surface area contributed by atoms with Gasteiger partial charge in [0.2, 0.25) is 0 Å². The number of hydrogen-bond acceptors (Lipinski definition) is 3. The summed E-state index contributed by atoms with van der Waals surface area (Å²) in [5, 5.41) is 2.50. The van der Waals surface area contributed by atoms with Gasteiger partial charge in [0.1, 0.15) is 5.82 Å². The number of benzene rings is 3. The molecule has 0 spiro atoms. The molecular formula is C22H21FN2O3S. The standard InChI is InChI=1S/C22H21FN2O3S/c1-14-4-8-17(9-5-14)25-29(27,28)18-10-7-16(3)19(13-18)22(26)24-21-11-6-15(2)12-20(21)23/h4-13,25H,1-3H3,(H,24,26). The molecular weight excluding hydrogens is 391 g/mol. The summed E-state index contributed by atoms with van der Waals surface area (Å²) in [6.07, 6.45) is 0. The van der Waals surface area contributed by atoms with Crippen LogP contribution in [0.2, 0.25) is 0 Å². The first-order valence-electron chi connectivity index (χ1n) is 8.93. The van der Waals surface area contributed by atoms with Gasteiger partial charge >= 0.3 is 0 Å². The summed E-state index contributed by atoms with van der Waals surface area (Å²) in [4.78, 5) is 12.6. The smallest absolute Gasteiger partial charge is 0.261 e. The van der Waals surface area contributed by atoms with E-state index in [4.69, 9.17) is 0 Å². The highest BCUT2D eigenvalue weighted by Gasteiger charge is 2.19. The Morgan fingerprint density at radius 2 is 1.52 bits per heavy atom. The van der Waals surface area contributed by atoms with Gasteiger partial charge in [-0.15, -0.1) is 0 Å². The van der Waals surface area contributed by atoms with Crippen molar-refractivity contribution in [2.75, 3.05) is 10.0 Å². The second kappa shape index (κ2) is 8.05. The lowest BCUT2D eigenvalue weighted by molar-refractivity contribution is 0.102. The Balaban J connectivity index is 1.88. The van der Waals surface area contributed by atoms with Gasteiger partial charge in [-0.2, -0.15) is 0 Å². The van der Waals surface area contributed by atoms with E-state index in [2.05, 4.69) is 10.0 Å². The molecule has 0 unspecified atom stereocenters. The van der Waals surface area contributed by atoms with Crippen LogP contribution in [0, 0.1) is 26.6 Å². The van der Waals surface area contributed by atoms with Gasteiger partial charge in [0.25, 0.3) is 15.9 Å². The minimum atomic E-state index is -3.89. The third-order valence-corrected chi connectivity index (χ3v) is 5.82. The Kier molecular flexibility index (Phi) is 5.70. The zero-order chi connectivity index (χ0) is 21.2. The minimum Gasteiger partial charge on any atom is -0.319 e. The van der Waals surface area contributed by atoms with Gasteiger partial charge in [-0.05, 0) is 68.3 Å². The normalized spacial score (nSPS) is 11.2. The SMILES string of the molecule is Cc1ccc(NS(=O)(=O)c2ccc(C)c(C(=O)Nc3ccc(C)cc3F)c2)cc1. The predicted octanol–water partition coefficient (Wildman–Crippen LogP) is 4.80. The van der Waals surface area contributed by atoms with Crippen molar-refractivity contribution in [3.05, 3.63) is 88.7 Å². The van der Waals surface area contributed by atoms with Crippen molar-refractivity contribution in [3.8, 4) is 0 Å². The highest BCUT2D eigenvalue weighted by molar-refractivity contribution is 7.92. The summed E-state index contributed by atoms with van der Waals surface area (Å²) >= 11 is 0. The molecule has 3 aromatic carbocycles. The van der Waals surface area contributed by atoms with Crippen molar-refractivity contribution in [1.29, 1.82) is 0 Å². The van der Waals surface area contributed by atoms with Gasteiger partial charge in [0, 0.05) is 11.3 Å². The van der Waals surface area contributed by atoms with Crippen LogP contribution in [0.4, 0.5) is 15.8 Å². The summed E-state index contributed by atoms with van der Waals surface area (Å²) in [5.41, 5.74) is 2.91. The first-order valence-corrected chi connectivity index (χ1v) is 10.4. The first-order chi connectivity index (χ1) is 13.7. The van der Waals surface area contributed by atoms with E-state index < -0.39 is 21.7 Å². The van der Waals surface area contributed by atoms with E-state index in [0.717, 1.165) is 11.1 Å². The molecule has 0 saturated carbocycles. The van der Waals surface area contributed by atoms with E-state index in [1.54, 1.807) is 50.2 Å². The van der Waals surface area contributed by atoms with Crippen LogP contribution in [0.5, 0.6) is 0 Å². The molecule has 0 aliphatic rings. The van der Waals surface area contributed by atoms with Crippen LogP contribution in [-0.4, -0.2) is 14.3 Å². The van der Waals surface area contributed by atoms with Gasteiger partial charge in [-0.25, -0.2) is 12.8 Å². The van der Waals surface area contributed by atoms with Gasteiger partial charge < -0.3 is 5.32 Å². The van der Waals surface area contributed by atoms with Crippen molar-refractivity contribution >= 4 is 27.3 Å². The zero-order valence-electron chi connectivity index (χ0n) is 16.3. The third kappa shape index (κ3) is 4.81. The fraction of sp³-hybridized carbons (Fsp3) is 0.136. The van der Waals surface area contributed by atoms with E-state index in [9.17, 15) is 17.6 Å². The second-order valence-corrected chi connectivity index (χ2v) is 8.57. The molecule has 0 saturated heterocycles. The molecule has 0 aromatic heterocycles. The average molecular weight is 412 g/mol. The predicted molar refractivity (Wildman–Crippen MR) is 112 cm³/mol. The number of carbonyl (C=O) groups excluding carboxylic acids is 1. The highest BCUT2D eigenvalue weighted by atomic mass is 32.2. The van der Waals surface area contributed by atoms with Crippen LogP contribution in [0.1, 0.15) is 27.0 Å². The average Bonchev–Trinajstić information content (AvgIpc) is 2.66. The van der Waals surface area contributed by atoms with Gasteiger partial charge in [-0.1, -0.05) is 29.8 Å². The Bertz CT molecular complexity index is 1170. The molecule has 0 heterocycles. The van der Waals surface area contributed by atoms with Gasteiger partial charge in [0.15, 0.2) is 0 Å². The van der Waals surface area contributed by atoms with Crippen molar-refractivity contribution in [2.45, 2.75) is 25.7 Å². The monoisotopic (exact) mass is 412 g/mol. The lowest BCUT2D eigenvalue weighted by Crippen LogP contribution is -2.17. The fourth-order valence-corrected chi connectivity index (χ4v) is 3.84. The molecule has 3 aromatic rings. The molecule has 7 heteroatoms. The maximum atomic E-state index is 14.0. The topological polar surface area (TPSA) is 75.3 Å². The number of rotatable bonds is 5. The van der Waals surface area contributed by atoms with Crippen LogP contribution < -0.4 is 10.0 Å². The third-order valence-electron chi connectivity index (χ3n) is 4.44. The number of sulfonamides is 1. The maximum absolute atomic E-state index is 14.0. The van der Waals surface area contributed by atoms with Crippen LogP contribution in [0.3, 0.4) is 0 Å². The van der Waals surface area contributed by atoms with E-state index >= 15 is 0 Å². The summed E-state index contributed by atoms with van der Waals surface area (Å²) in [6, 6.07) is 15.6. The largest absolute Gasteiger partial charge is 0.319 e. The number of halogens is 1. The van der Waals surface area contributed by atoms with Gasteiger partial charge in [0.05, 0.1) is 10.6 Å². The van der Waals surface area contributed by atoms with Crippen LogP contribution in [-0.2, 0) is 10.0 Å². The van der Waals surface area contributed by atoms with Crippen molar-refractivity contribution in [3.63, 3.8) is 0 Å². The Morgan fingerprint density at radius 3 is 2.17 bits per heavy atom. The number of nitrogens with one attached hydrogen (secondary N) is 2.